The first-order valence-electron chi connectivity index (χ1n) is 4.66. The molecular formula is C9H10N2O3P+. The fourth-order valence-corrected chi connectivity index (χ4v) is 3.86. The molecule has 1 aromatic rings. The molecule has 2 N–H and O–H groups in total. The molecule has 0 aliphatic carbocycles. The fourth-order valence-electron chi connectivity index (χ4n) is 1.60. The number of rotatable bonds is 0. The number of nitrogens with one attached hydrogen (secondary N) is 2. The summed E-state index contributed by atoms with van der Waals surface area (Å²) in [5.41, 5.74) is 0.861. The maximum atomic E-state index is 11.3. The monoisotopic (exact) mass is 225 g/mol. The van der Waals surface area contributed by atoms with Crippen LogP contribution in [0.1, 0.15) is 6.92 Å². The Bertz CT molecular complexity index is 412. The number of carbonyl (C=O) groups excluding carboxylic acids is 1. The largest absolute Gasteiger partial charge is 0.549 e. The second kappa shape index (κ2) is 2.84. The van der Waals surface area contributed by atoms with Crippen LogP contribution in [0.25, 0.3) is 0 Å². The Morgan fingerprint density at radius 3 is 2.80 bits per heavy atom. The van der Waals surface area contributed by atoms with Gasteiger partial charge in [-0.25, -0.2) is 9.32 Å². The van der Waals surface area contributed by atoms with E-state index in [0.29, 0.717) is 0 Å². The average molecular weight is 225 g/mol. The van der Waals surface area contributed by atoms with Crippen LogP contribution in [-0.4, -0.2) is 12.0 Å². The van der Waals surface area contributed by atoms with Crippen molar-refractivity contribution in [3.63, 3.8) is 0 Å². The zero-order valence-electron chi connectivity index (χ0n) is 8.06. The van der Waals surface area contributed by atoms with Crippen LogP contribution in [0.3, 0.4) is 0 Å². The molecule has 0 bridgehead atoms. The lowest BCUT2D eigenvalue weighted by Crippen LogP contribution is -2.24. The van der Waals surface area contributed by atoms with Crippen LogP contribution in [0.4, 0.5) is 5.69 Å². The first-order valence-corrected chi connectivity index (χ1v) is 6.28. The first kappa shape index (κ1) is 8.95. The van der Waals surface area contributed by atoms with Crippen molar-refractivity contribution in [2.75, 3.05) is 5.09 Å². The van der Waals surface area contributed by atoms with Crippen molar-refractivity contribution >= 4 is 19.7 Å². The summed E-state index contributed by atoms with van der Waals surface area (Å²) in [6, 6.07) is 7.19. The van der Waals surface area contributed by atoms with E-state index < -0.39 is 8.02 Å². The zero-order chi connectivity index (χ0) is 10.5. The summed E-state index contributed by atoms with van der Waals surface area (Å²) in [6.45, 7) is 1.76. The van der Waals surface area contributed by atoms with Gasteiger partial charge in [0.1, 0.15) is 11.7 Å². The van der Waals surface area contributed by atoms with Gasteiger partial charge in [-0.2, -0.15) is 5.09 Å². The maximum Gasteiger partial charge on any atom is 0.549 e. The van der Waals surface area contributed by atoms with Crippen LogP contribution in [-0.2, 0) is 9.32 Å². The predicted molar refractivity (Wildman–Crippen MR) is 56.3 cm³/mol. The lowest BCUT2D eigenvalue weighted by atomic mass is 10.3. The second-order valence-electron chi connectivity index (χ2n) is 3.51. The minimum atomic E-state index is -2.44. The Hall–Kier alpha value is -1.32. The third kappa shape index (κ3) is 1.28. The van der Waals surface area contributed by atoms with Crippen molar-refractivity contribution in [2.45, 2.75) is 13.0 Å². The molecule has 2 aliphatic rings. The summed E-state index contributed by atoms with van der Waals surface area (Å²) in [6.07, 6.45) is 0. The van der Waals surface area contributed by atoms with Gasteiger partial charge in [-0.3, -0.25) is 4.52 Å². The molecule has 0 amide bonds. The molecule has 1 fully saturated rings. The summed E-state index contributed by atoms with van der Waals surface area (Å²) >= 11 is 0. The van der Waals surface area contributed by atoms with Gasteiger partial charge in [0.15, 0.2) is 0 Å². The number of para-hydroxylation sites is 2. The van der Waals surface area contributed by atoms with Gasteiger partial charge in [-0.1, -0.05) is 17.2 Å². The Morgan fingerprint density at radius 2 is 2.13 bits per heavy atom. The highest BCUT2D eigenvalue weighted by Gasteiger charge is 2.61. The van der Waals surface area contributed by atoms with E-state index in [-0.39, 0.29) is 12.0 Å². The molecule has 2 heterocycles. The molecule has 2 aliphatic heterocycles. The third-order valence-corrected chi connectivity index (χ3v) is 4.47. The van der Waals surface area contributed by atoms with E-state index in [2.05, 4.69) is 10.2 Å². The highest BCUT2D eigenvalue weighted by atomic mass is 31.2. The smallest absolute Gasteiger partial charge is 0.266 e. The predicted octanol–water partition coefficient (Wildman–Crippen LogP) is 1.70. The van der Waals surface area contributed by atoms with E-state index in [4.69, 9.17) is 9.05 Å². The third-order valence-electron chi connectivity index (χ3n) is 2.32. The van der Waals surface area contributed by atoms with Gasteiger partial charge in [-0.05, 0) is 19.1 Å². The van der Waals surface area contributed by atoms with Crippen LogP contribution in [0, 0.1) is 0 Å². The second-order valence-corrected chi connectivity index (χ2v) is 5.46. The van der Waals surface area contributed by atoms with E-state index in [1.165, 1.54) is 0 Å². The van der Waals surface area contributed by atoms with Gasteiger partial charge >= 0.3 is 14.0 Å². The molecule has 78 valence electrons. The van der Waals surface area contributed by atoms with Crippen molar-refractivity contribution in [3.8, 4) is 5.75 Å². The van der Waals surface area contributed by atoms with Crippen LogP contribution < -0.4 is 14.7 Å². The Morgan fingerprint density at radius 1 is 1.33 bits per heavy atom. The molecule has 2 unspecified atom stereocenters. The quantitative estimate of drug-likeness (QED) is 0.658. The highest BCUT2D eigenvalue weighted by Crippen LogP contribution is 2.65. The Kier molecular flexibility index (Phi) is 1.69. The molecule has 0 aromatic heterocycles. The molecule has 1 spiro atoms. The number of hydrogen-bond donors (Lipinski definition) is 2. The zero-order valence-corrected chi connectivity index (χ0v) is 8.95. The summed E-state index contributed by atoms with van der Waals surface area (Å²) in [7, 11) is -2.44. The standard InChI is InChI=1S/C9H10N2O3P/c1-6-9(12)14-15(10-6)11-7-4-2-3-5-8(7)13-15/h2-6,10-11H,1H3/q+1. The number of anilines is 1. The van der Waals surface area contributed by atoms with Crippen molar-refractivity contribution in [1.82, 2.24) is 5.09 Å². The SMILES string of the molecule is CC1N[P+]2(Nc3ccccc3O2)OC1=O. The number of hydrogen-bond acceptors (Lipinski definition) is 5. The maximum absolute atomic E-state index is 11.3. The minimum absolute atomic E-state index is 0.274. The first-order chi connectivity index (χ1) is 7.19. The molecule has 15 heavy (non-hydrogen) atoms. The van der Waals surface area contributed by atoms with Gasteiger partial charge in [0.05, 0.1) is 0 Å². The van der Waals surface area contributed by atoms with Crippen molar-refractivity contribution in [2.24, 2.45) is 0 Å². The van der Waals surface area contributed by atoms with Gasteiger partial charge in [-0.15, -0.1) is 0 Å². The average Bonchev–Trinajstić information content (AvgIpc) is 2.66. The number of benzene rings is 1. The minimum Gasteiger partial charge on any atom is -0.266 e. The van der Waals surface area contributed by atoms with E-state index in [9.17, 15) is 4.79 Å². The molecular weight excluding hydrogens is 215 g/mol. The van der Waals surface area contributed by atoms with E-state index in [1.807, 2.05) is 24.3 Å². The molecule has 5 nitrogen and oxygen atoms in total. The molecule has 6 heteroatoms. The van der Waals surface area contributed by atoms with Crippen molar-refractivity contribution in [1.29, 1.82) is 0 Å². The molecule has 0 radical (unpaired) electrons. The Balaban J connectivity index is 1.93. The molecule has 1 aromatic carbocycles. The molecule has 0 saturated carbocycles. The van der Waals surface area contributed by atoms with Gasteiger partial charge < -0.3 is 0 Å². The summed E-state index contributed by atoms with van der Waals surface area (Å²) < 4.78 is 10.9. The molecule has 3 rings (SSSR count). The molecule has 1 saturated heterocycles. The topological polar surface area (TPSA) is 59.6 Å². The number of carbonyl (C=O) groups is 1. The summed E-state index contributed by atoms with van der Waals surface area (Å²) in [4.78, 5) is 11.3. The normalized spacial score (nSPS) is 32.1. The fraction of sp³-hybridized carbons (Fsp3) is 0.222. The van der Waals surface area contributed by atoms with Crippen LogP contribution in [0.2, 0.25) is 0 Å². The van der Waals surface area contributed by atoms with Gasteiger partial charge in [0.2, 0.25) is 5.75 Å². The van der Waals surface area contributed by atoms with E-state index in [1.54, 1.807) is 6.92 Å². The summed E-state index contributed by atoms with van der Waals surface area (Å²) in [5, 5.41) is 6.14. The van der Waals surface area contributed by atoms with Crippen LogP contribution in [0.15, 0.2) is 24.3 Å². The number of fused-ring (bicyclic) bond motifs is 1. The van der Waals surface area contributed by atoms with Gasteiger partial charge in [0.25, 0.3) is 0 Å². The molecule has 2 atom stereocenters. The lowest BCUT2D eigenvalue weighted by molar-refractivity contribution is -0.133. The highest BCUT2D eigenvalue weighted by molar-refractivity contribution is 7.67. The lowest BCUT2D eigenvalue weighted by Gasteiger charge is -2.07. The van der Waals surface area contributed by atoms with Gasteiger partial charge in [0, 0.05) is 0 Å². The van der Waals surface area contributed by atoms with Crippen LogP contribution >= 0.6 is 8.02 Å². The Labute approximate surface area is 87.4 Å². The van der Waals surface area contributed by atoms with E-state index >= 15 is 0 Å². The van der Waals surface area contributed by atoms with E-state index in [0.717, 1.165) is 11.4 Å². The van der Waals surface area contributed by atoms with Crippen molar-refractivity contribution < 1.29 is 13.8 Å². The van der Waals surface area contributed by atoms with Crippen LogP contribution in [0.5, 0.6) is 5.75 Å². The summed E-state index contributed by atoms with van der Waals surface area (Å²) in [5.74, 6) is 0.448. The van der Waals surface area contributed by atoms with Crippen molar-refractivity contribution in [3.05, 3.63) is 24.3 Å².